The highest BCUT2D eigenvalue weighted by atomic mass is 16.5. The van der Waals surface area contributed by atoms with Gasteiger partial charge in [-0.05, 0) is 35.9 Å². The molecule has 0 radical (unpaired) electrons. The summed E-state index contributed by atoms with van der Waals surface area (Å²) in [5.41, 5.74) is 1.89. The van der Waals surface area contributed by atoms with Crippen LogP contribution in [0, 0.1) is 0 Å². The molecule has 4 rings (SSSR count). The Morgan fingerprint density at radius 1 is 0.897 bits per heavy atom. The van der Waals surface area contributed by atoms with Gasteiger partial charge in [0.25, 0.3) is 5.82 Å². The maximum absolute atomic E-state index is 12.6. The number of urea groups is 1. The minimum atomic E-state index is -0.0698. The van der Waals surface area contributed by atoms with Crippen molar-refractivity contribution in [3.8, 4) is 5.75 Å². The summed E-state index contributed by atoms with van der Waals surface area (Å²) in [6.45, 7) is 3.51. The molecule has 3 aromatic rings. The number of hydrogen-bond donors (Lipinski definition) is 1. The molecule has 148 valence electrons. The van der Waals surface area contributed by atoms with Crippen molar-refractivity contribution >= 4 is 17.5 Å². The molecule has 2 heterocycles. The molecule has 1 aliphatic heterocycles. The number of rotatable bonds is 5. The third kappa shape index (κ3) is 5.04. The SMILES string of the molecule is O=C(Nc1ccc(OCc2ccccc2)cc1)N1CCN(c2cccc[nH+]2)CC1. The molecule has 0 spiro atoms. The molecule has 1 aliphatic rings. The summed E-state index contributed by atoms with van der Waals surface area (Å²) in [7, 11) is 0. The van der Waals surface area contributed by atoms with Gasteiger partial charge in [-0.15, -0.1) is 0 Å². The van der Waals surface area contributed by atoms with Crippen LogP contribution in [0.25, 0.3) is 0 Å². The van der Waals surface area contributed by atoms with Crippen LogP contribution in [-0.4, -0.2) is 37.1 Å². The lowest BCUT2D eigenvalue weighted by Gasteiger charge is -2.31. The molecule has 0 atom stereocenters. The molecule has 0 aliphatic carbocycles. The lowest BCUT2D eigenvalue weighted by molar-refractivity contribution is -0.364. The second-order valence-electron chi connectivity index (χ2n) is 6.95. The molecule has 1 aromatic heterocycles. The third-order valence-corrected chi connectivity index (χ3v) is 4.95. The van der Waals surface area contributed by atoms with Crippen LogP contribution in [0.5, 0.6) is 5.75 Å². The highest BCUT2D eigenvalue weighted by molar-refractivity contribution is 5.89. The summed E-state index contributed by atoms with van der Waals surface area (Å²) in [5.74, 6) is 1.86. The first-order valence-corrected chi connectivity index (χ1v) is 9.82. The van der Waals surface area contributed by atoms with E-state index >= 15 is 0 Å². The van der Waals surface area contributed by atoms with Gasteiger partial charge in [0, 0.05) is 11.8 Å². The third-order valence-electron chi connectivity index (χ3n) is 4.95. The first kappa shape index (κ1) is 18.8. The van der Waals surface area contributed by atoms with Gasteiger partial charge < -0.3 is 15.0 Å². The van der Waals surface area contributed by atoms with Gasteiger partial charge in [-0.3, -0.25) is 4.90 Å². The number of aromatic amines is 1. The van der Waals surface area contributed by atoms with Gasteiger partial charge in [-0.1, -0.05) is 36.4 Å². The molecule has 6 nitrogen and oxygen atoms in total. The maximum atomic E-state index is 12.6. The van der Waals surface area contributed by atoms with E-state index in [9.17, 15) is 4.79 Å². The fourth-order valence-corrected chi connectivity index (χ4v) is 3.31. The van der Waals surface area contributed by atoms with Crippen LogP contribution < -0.4 is 19.9 Å². The molecule has 2 amide bonds. The van der Waals surface area contributed by atoms with Crippen LogP contribution in [-0.2, 0) is 6.61 Å². The summed E-state index contributed by atoms with van der Waals surface area (Å²) in [5, 5.41) is 2.97. The summed E-state index contributed by atoms with van der Waals surface area (Å²) < 4.78 is 5.79. The van der Waals surface area contributed by atoms with Crippen molar-refractivity contribution in [2.24, 2.45) is 0 Å². The Bertz CT molecular complexity index is 909. The highest BCUT2D eigenvalue weighted by Crippen LogP contribution is 2.18. The van der Waals surface area contributed by atoms with Crippen molar-refractivity contribution in [1.29, 1.82) is 0 Å². The number of H-pyrrole nitrogens is 1. The lowest BCUT2D eigenvalue weighted by atomic mass is 10.2. The van der Waals surface area contributed by atoms with Gasteiger partial charge in [0.1, 0.15) is 25.4 Å². The number of carbonyl (C=O) groups excluding carboxylic acids is 1. The fourth-order valence-electron chi connectivity index (χ4n) is 3.31. The molecule has 0 bridgehead atoms. The number of aromatic nitrogens is 1. The summed E-state index contributed by atoms with van der Waals surface area (Å²) in [6, 6.07) is 23.5. The Balaban J connectivity index is 1.25. The molecule has 1 saturated heterocycles. The zero-order valence-electron chi connectivity index (χ0n) is 16.3. The molecular formula is C23H25N4O2+. The largest absolute Gasteiger partial charge is 0.489 e. The van der Waals surface area contributed by atoms with E-state index in [1.165, 1.54) is 0 Å². The van der Waals surface area contributed by atoms with Crippen LogP contribution >= 0.6 is 0 Å². The fraction of sp³-hybridized carbons (Fsp3) is 0.217. The number of nitrogens with zero attached hydrogens (tertiary/aromatic N) is 2. The number of hydrogen-bond acceptors (Lipinski definition) is 3. The Labute approximate surface area is 170 Å². The molecule has 0 saturated carbocycles. The summed E-state index contributed by atoms with van der Waals surface area (Å²) in [6.07, 6.45) is 1.92. The van der Waals surface area contributed by atoms with Crippen LogP contribution in [0.15, 0.2) is 79.0 Å². The maximum Gasteiger partial charge on any atom is 0.322 e. The van der Waals surface area contributed by atoms with E-state index in [2.05, 4.69) is 21.3 Å². The first-order chi connectivity index (χ1) is 14.3. The number of piperazine rings is 1. The van der Waals surface area contributed by atoms with Crippen molar-refractivity contribution in [2.45, 2.75) is 6.61 Å². The van der Waals surface area contributed by atoms with Gasteiger partial charge >= 0.3 is 6.03 Å². The number of pyridine rings is 1. The predicted molar refractivity (Wildman–Crippen MR) is 113 cm³/mol. The lowest BCUT2D eigenvalue weighted by Crippen LogP contribution is -2.51. The molecule has 2 N–H and O–H groups in total. The van der Waals surface area contributed by atoms with E-state index < -0.39 is 0 Å². The molecule has 6 heteroatoms. The molecule has 2 aromatic carbocycles. The van der Waals surface area contributed by atoms with Crippen molar-refractivity contribution in [3.63, 3.8) is 0 Å². The van der Waals surface area contributed by atoms with Crippen molar-refractivity contribution in [1.82, 2.24) is 4.90 Å². The monoisotopic (exact) mass is 389 g/mol. The summed E-state index contributed by atoms with van der Waals surface area (Å²) in [4.78, 5) is 19.9. The van der Waals surface area contributed by atoms with Crippen LogP contribution in [0.4, 0.5) is 16.3 Å². The number of ether oxygens (including phenoxy) is 1. The summed E-state index contributed by atoms with van der Waals surface area (Å²) >= 11 is 0. The van der Waals surface area contributed by atoms with Gasteiger partial charge in [0.15, 0.2) is 0 Å². The number of amides is 2. The minimum absolute atomic E-state index is 0.0698. The van der Waals surface area contributed by atoms with Gasteiger partial charge in [-0.25, -0.2) is 9.78 Å². The number of carbonyl (C=O) groups is 1. The van der Waals surface area contributed by atoms with E-state index in [0.717, 1.165) is 35.9 Å². The zero-order valence-corrected chi connectivity index (χ0v) is 16.3. The smallest absolute Gasteiger partial charge is 0.322 e. The van der Waals surface area contributed by atoms with Crippen LogP contribution in [0.3, 0.4) is 0 Å². The highest BCUT2D eigenvalue weighted by Gasteiger charge is 2.26. The topological polar surface area (TPSA) is 59.0 Å². The van der Waals surface area contributed by atoms with E-state index in [-0.39, 0.29) is 6.03 Å². The predicted octanol–water partition coefficient (Wildman–Crippen LogP) is 3.43. The van der Waals surface area contributed by atoms with Crippen molar-refractivity contribution < 1.29 is 14.5 Å². The number of benzene rings is 2. The van der Waals surface area contributed by atoms with Crippen LogP contribution in [0.2, 0.25) is 0 Å². The molecule has 29 heavy (non-hydrogen) atoms. The zero-order chi connectivity index (χ0) is 19.9. The van der Waals surface area contributed by atoms with Gasteiger partial charge in [-0.2, -0.15) is 0 Å². The number of anilines is 2. The molecular weight excluding hydrogens is 364 g/mol. The Morgan fingerprint density at radius 3 is 2.31 bits per heavy atom. The quantitative estimate of drug-likeness (QED) is 0.727. The van der Waals surface area contributed by atoms with Gasteiger partial charge in [0.2, 0.25) is 0 Å². The Kier molecular flexibility index (Phi) is 5.90. The van der Waals surface area contributed by atoms with E-state index in [1.807, 2.05) is 77.8 Å². The minimum Gasteiger partial charge on any atom is -0.489 e. The Morgan fingerprint density at radius 2 is 1.62 bits per heavy atom. The molecule has 1 fully saturated rings. The van der Waals surface area contributed by atoms with E-state index in [0.29, 0.717) is 19.7 Å². The van der Waals surface area contributed by atoms with E-state index in [4.69, 9.17) is 4.74 Å². The number of nitrogens with one attached hydrogen (secondary N) is 2. The van der Waals surface area contributed by atoms with E-state index in [1.54, 1.807) is 0 Å². The first-order valence-electron chi connectivity index (χ1n) is 9.82. The second-order valence-corrected chi connectivity index (χ2v) is 6.95. The molecule has 0 unspecified atom stereocenters. The van der Waals surface area contributed by atoms with Crippen molar-refractivity contribution in [3.05, 3.63) is 84.6 Å². The Hall–Kier alpha value is -3.54. The van der Waals surface area contributed by atoms with Crippen LogP contribution in [0.1, 0.15) is 5.56 Å². The average molecular weight is 389 g/mol. The second kappa shape index (κ2) is 9.10. The van der Waals surface area contributed by atoms with Gasteiger partial charge in [0.05, 0.1) is 19.3 Å². The normalized spacial score (nSPS) is 13.8. The standard InChI is InChI=1S/C23H24N4O2/c28-23(27-16-14-26(15-17-27)22-8-4-5-13-24-22)25-20-9-11-21(12-10-20)29-18-19-6-2-1-3-7-19/h1-13H,14-18H2,(H,25,28)/p+1. The average Bonchev–Trinajstić information content (AvgIpc) is 2.80. The van der Waals surface area contributed by atoms with Crippen molar-refractivity contribution in [2.75, 3.05) is 36.4 Å².